The molecular weight excluding hydrogens is 350 g/mol. The SMILES string of the molecule is O=C(c1ccccn1)N1CCC[C@@H]1c1ncc(Cc2ccccc2Cl)o1. The Bertz CT molecular complexity index is 910. The first kappa shape index (κ1) is 16.8. The standard InChI is InChI=1S/C20H18ClN3O2/c21-16-7-2-1-6-14(16)12-15-13-23-19(26-15)18-9-5-11-24(18)20(25)17-8-3-4-10-22-17/h1-4,6-8,10,13,18H,5,9,11-12H2/t18-/m1/s1. The highest BCUT2D eigenvalue weighted by atomic mass is 35.5. The van der Waals surface area contributed by atoms with Crippen molar-refractivity contribution in [2.45, 2.75) is 25.3 Å². The van der Waals surface area contributed by atoms with E-state index in [-0.39, 0.29) is 11.9 Å². The highest BCUT2D eigenvalue weighted by Crippen LogP contribution is 2.33. The van der Waals surface area contributed by atoms with Crippen molar-refractivity contribution in [2.75, 3.05) is 6.54 Å². The van der Waals surface area contributed by atoms with Crippen molar-refractivity contribution in [1.82, 2.24) is 14.9 Å². The molecule has 1 atom stereocenters. The van der Waals surface area contributed by atoms with Crippen LogP contribution in [0.4, 0.5) is 0 Å². The number of halogens is 1. The fourth-order valence-electron chi connectivity index (χ4n) is 3.29. The molecule has 2 aromatic heterocycles. The second-order valence-electron chi connectivity index (χ2n) is 6.30. The molecule has 0 spiro atoms. The number of amides is 1. The quantitative estimate of drug-likeness (QED) is 0.690. The normalized spacial score (nSPS) is 16.8. The molecule has 0 saturated carbocycles. The third kappa shape index (κ3) is 3.35. The number of oxazole rings is 1. The lowest BCUT2D eigenvalue weighted by Crippen LogP contribution is -2.31. The smallest absolute Gasteiger partial charge is 0.273 e. The maximum absolute atomic E-state index is 12.7. The number of benzene rings is 1. The van der Waals surface area contributed by atoms with Gasteiger partial charge in [0, 0.05) is 24.2 Å². The second-order valence-corrected chi connectivity index (χ2v) is 6.71. The van der Waals surface area contributed by atoms with Crippen molar-refractivity contribution in [2.24, 2.45) is 0 Å². The lowest BCUT2D eigenvalue weighted by molar-refractivity contribution is 0.0708. The van der Waals surface area contributed by atoms with E-state index in [2.05, 4.69) is 9.97 Å². The van der Waals surface area contributed by atoms with Gasteiger partial charge in [0.2, 0.25) is 5.89 Å². The van der Waals surface area contributed by atoms with E-state index in [1.807, 2.05) is 30.3 Å². The van der Waals surface area contributed by atoms with Crippen LogP contribution in [0.25, 0.3) is 0 Å². The topological polar surface area (TPSA) is 59.2 Å². The molecule has 1 amide bonds. The van der Waals surface area contributed by atoms with Crippen LogP contribution in [0.5, 0.6) is 0 Å². The van der Waals surface area contributed by atoms with Gasteiger partial charge in [0.05, 0.1) is 6.20 Å². The van der Waals surface area contributed by atoms with Crippen LogP contribution in [0.1, 0.15) is 46.6 Å². The summed E-state index contributed by atoms with van der Waals surface area (Å²) in [5.41, 5.74) is 1.44. The van der Waals surface area contributed by atoms with Crippen molar-refractivity contribution in [3.63, 3.8) is 0 Å². The van der Waals surface area contributed by atoms with Crippen LogP contribution in [-0.2, 0) is 6.42 Å². The lowest BCUT2D eigenvalue weighted by Gasteiger charge is -2.21. The Morgan fingerprint density at radius 3 is 2.85 bits per heavy atom. The predicted octanol–water partition coefficient (Wildman–Crippen LogP) is 4.29. The molecule has 3 aromatic rings. The van der Waals surface area contributed by atoms with Crippen LogP contribution in [0.3, 0.4) is 0 Å². The predicted molar refractivity (Wildman–Crippen MR) is 98.0 cm³/mol. The average molecular weight is 368 g/mol. The van der Waals surface area contributed by atoms with Gasteiger partial charge in [-0.1, -0.05) is 35.9 Å². The number of rotatable bonds is 4. The van der Waals surface area contributed by atoms with Crippen molar-refractivity contribution < 1.29 is 9.21 Å². The summed E-state index contributed by atoms with van der Waals surface area (Å²) in [6.45, 7) is 0.683. The van der Waals surface area contributed by atoms with Crippen LogP contribution in [0.15, 0.2) is 59.3 Å². The minimum Gasteiger partial charge on any atom is -0.443 e. The molecule has 26 heavy (non-hydrogen) atoms. The first-order valence-corrected chi connectivity index (χ1v) is 9.00. The fourth-order valence-corrected chi connectivity index (χ4v) is 3.49. The second kappa shape index (κ2) is 7.30. The van der Waals surface area contributed by atoms with Crippen LogP contribution in [-0.4, -0.2) is 27.3 Å². The maximum Gasteiger partial charge on any atom is 0.273 e. The first-order chi connectivity index (χ1) is 12.7. The van der Waals surface area contributed by atoms with Gasteiger partial charge in [-0.05, 0) is 36.6 Å². The minimum atomic E-state index is -0.149. The molecule has 0 unspecified atom stereocenters. The summed E-state index contributed by atoms with van der Waals surface area (Å²) in [6.07, 6.45) is 5.69. The zero-order valence-electron chi connectivity index (χ0n) is 14.1. The number of hydrogen-bond acceptors (Lipinski definition) is 4. The van der Waals surface area contributed by atoms with Crippen molar-refractivity contribution in [3.05, 3.63) is 82.8 Å². The number of likely N-dealkylation sites (tertiary alicyclic amines) is 1. The number of hydrogen-bond donors (Lipinski definition) is 0. The Kier molecular flexibility index (Phi) is 4.71. The van der Waals surface area contributed by atoms with Crippen molar-refractivity contribution >= 4 is 17.5 Å². The third-order valence-corrected chi connectivity index (χ3v) is 4.95. The molecule has 1 aliphatic heterocycles. The third-order valence-electron chi connectivity index (χ3n) is 4.58. The molecule has 0 N–H and O–H groups in total. The number of nitrogens with zero attached hydrogens (tertiary/aromatic N) is 3. The van der Waals surface area contributed by atoms with Gasteiger partial charge >= 0.3 is 0 Å². The number of aromatic nitrogens is 2. The summed E-state index contributed by atoms with van der Waals surface area (Å²) in [5, 5.41) is 0.707. The Morgan fingerprint density at radius 2 is 2.04 bits per heavy atom. The van der Waals surface area contributed by atoms with E-state index in [1.165, 1.54) is 0 Å². The summed E-state index contributed by atoms with van der Waals surface area (Å²) < 4.78 is 5.96. The summed E-state index contributed by atoms with van der Waals surface area (Å²) in [4.78, 5) is 23.1. The van der Waals surface area contributed by atoms with Gasteiger partial charge in [-0.15, -0.1) is 0 Å². The van der Waals surface area contributed by atoms with Gasteiger partial charge in [0.25, 0.3) is 5.91 Å². The zero-order chi connectivity index (χ0) is 17.9. The van der Waals surface area contributed by atoms with Crippen LogP contribution in [0, 0.1) is 0 Å². The Morgan fingerprint density at radius 1 is 1.19 bits per heavy atom. The largest absolute Gasteiger partial charge is 0.443 e. The van der Waals surface area contributed by atoms with Crippen LogP contribution < -0.4 is 0 Å². The average Bonchev–Trinajstić information content (AvgIpc) is 3.33. The van der Waals surface area contributed by atoms with Crippen LogP contribution >= 0.6 is 11.6 Å². The van der Waals surface area contributed by atoms with E-state index >= 15 is 0 Å². The summed E-state index contributed by atoms with van der Waals surface area (Å²) in [5.74, 6) is 1.23. The van der Waals surface area contributed by atoms with Crippen LogP contribution in [0.2, 0.25) is 5.02 Å². The number of carbonyl (C=O) groups is 1. The summed E-state index contributed by atoms with van der Waals surface area (Å²) in [7, 11) is 0. The minimum absolute atomic E-state index is 0.0843. The van der Waals surface area contributed by atoms with Gasteiger partial charge in [-0.25, -0.2) is 4.98 Å². The van der Waals surface area contributed by atoms with Gasteiger partial charge < -0.3 is 9.32 Å². The molecule has 6 heteroatoms. The first-order valence-electron chi connectivity index (χ1n) is 8.62. The van der Waals surface area contributed by atoms with Crippen molar-refractivity contribution in [1.29, 1.82) is 0 Å². The number of carbonyl (C=O) groups excluding carboxylic acids is 1. The Hall–Kier alpha value is -2.66. The molecule has 4 rings (SSSR count). The molecular formula is C20H18ClN3O2. The van der Waals surface area contributed by atoms with E-state index in [9.17, 15) is 4.79 Å². The highest BCUT2D eigenvalue weighted by Gasteiger charge is 2.34. The summed E-state index contributed by atoms with van der Waals surface area (Å²) >= 11 is 6.22. The molecule has 1 aromatic carbocycles. The van der Waals surface area contributed by atoms with Gasteiger partial charge in [0.1, 0.15) is 17.5 Å². The fraction of sp³-hybridized carbons (Fsp3) is 0.250. The number of pyridine rings is 1. The molecule has 5 nitrogen and oxygen atoms in total. The molecule has 1 fully saturated rings. The molecule has 1 aliphatic rings. The van der Waals surface area contributed by atoms with Gasteiger partial charge in [-0.2, -0.15) is 0 Å². The Labute approximate surface area is 156 Å². The molecule has 3 heterocycles. The zero-order valence-corrected chi connectivity index (χ0v) is 14.9. The maximum atomic E-state index is 12.7. The molecule has 1 saturated heterocycles. The summed E-state index contributed by atoms with van der Waals surface area (Å²) in [6, 6.07) is 12.9. The van der Waals surface area contributed by atoms with E-state index < -0.39 is 0 Å². The van der Waals surface area contributed by atoms with E-state index in [0.717, 1.165) is 24.2 Å². The molecule has 0 aliphatic carbocycles. The molecule has 132 valence electrons. The highest BCUT2D eigenvalue weighted by molar-refractivity contribution is 6.31. The van der Waals surface area contributed by atoms with Gasteiger partial charge in [0.15, 0.2) is 0 Å². The molecule has 0 radical (unpaired) electrons. The van der Waals surface area contributed by atoms with Gasteiger partial charge in [-0.3, -0.25) is 9.78 Å². The Balaban J connectivity index is 1.53. The monoisotopic (exact) mass is 367 g/mol. The van der Waals surface area contributed by atoms with Crippen molar-refractivity contribution in [3.8, 4) is 0 Å². The van der Waals surface area contributed by atoms with E-state index in [0.29, 0.717) is 29.6 Å². The molecule has 0 bridgehead atoms. The van der Waals surface area contributed by atoms with E-state index in [4.69, 9.17) is 16.0 Å². The van der Waals surface area contributed by atoms with E-state index in [1.54, 1.807) is 29.4 Å². The lowest BCUT2D eigenvalue weighted by atomic mass is 10.1.